The van der Waals surface area contributed by atoms with Crippen molar-refractivity contribution in [3.63, 3.8) is 0 Å². The van der Waals surface area contributed by atoms with Gasteiger partial charge in [-0.25, -0.2) is 18.7 Å². The topological polar surface area (TPSA) is 70.6 Å². The maximum Gasteiger partial charge on any atom is 0.277 e. The normalized spacial score (nSPS) is 14.7. The summed E-state index contributed by atoms with van der Waals surface area (Å²) in [7, 11) is 0. The third kappa shape index (κ3) is 4.19. The molecule has 27 heavy (non-hydrogen) atoms. The van der Waals surface area contributed by atoms with Gasteiger partial charge in [0.25, 0.3) is 5.91 Å². The van der Waals surface area contributed by atoms with Crippen LogP contribution in [0.25, 0.3) is 0 Å². The van der Waals surface area contributed by atoms with Crippen molar-refractivity contribution < 1.29 is 27.9 Å². The molecule has 144 valence electrons. The molecule has 3 rings (SSSR count). The molecule has 0 aromatic heterocycles. The molecule has 1 aliphatic rings. The van der Waals surface area contributed by atoms with Crippen molar-refractivity contribution in [2.24, 2.45) is 0 Å². The first-order chi connectivity index (χ1) is 12.8. The van der Waals surface area contributed by atoms with Crippen molar-refractivity contribution in [3.8, 4) is 0 Å². The molecule has 3 N–H and O–H groups in total. The van der Waals surface area contributed by atoms with E-state index in [1.54, 1.807) is 19.1 Å². The minimum absolute atomic E-state index is 0.299. The average molecular weight is 492 g/mol. The molecule has 1 amide bonds. The lowest BCUT2D eigenvalue weighted by atomic mass is 10.1. The molecule has 0 radical (unpaired) electrons. The first kappa shape index (κ1) is 19.9. The van der Waals surface area contributed by atoms with E-state index in [-0.39, 0.29) is 6.61 Å². The number of aliphatic hydroxyl groups is 1. The van der Waals surface area contributed by atoms with Crippen molar-refractivity contribution in [3.05, 3.63) is 56.4 Å². The van der Waals surface area contributed by atoms with E-state index in [1.165, 1.54) is 0 Å². The maximum absolute atomic E-state index is 14.4. The van der Waals surface area contributed by atoms with Crippen LogP contribution in [-0.2, 0) is 4.84 Å². The number of nitrogens with one attached hydrogen (secondary N) is 2. The van der Waals surface area contributed by atoms with Gasteiger partial charge in [0.15, 0.2) is 17.5 Å². The summed E-state index contributed by atoms with van der Waals surface area (Å²) in [5.41, 5.74) is 1.41. The number of aliphatic hydroxyl groups excluding tert-OH is 1. The molecule has 0 spiro atoms. The van der Waals surface area contributed by atoms with Gasteiger partial charge >= 0.3 is 0 Å². The molecule has 1 fully saturated rings. The summed E-state index contributed by atoms with van der Waals surface area (Å²) in [5, 5.41) is 11.9. The van der Waals surface area contributed by atoms with Crippen molar-refractivity contribution in [1.82, 2.24) is 5.48 Å². The van der Waals surface area contributed by atoms with Gasteiger partial charge in [-0.05, 0) is 72.2 Å². The Morgan fingerprint density at radius 1 is 1.26 bits per heavy atom. The fourth-order valence-electron chi connectivity index (χ4n) is 2.44. The Hall–Kier alpha value is -1.85. The predicted molar refractivity (Wildman–Crippen MR) is 101 cm³/mol. The largest absolute Gasteiger partial charge is 0.393 e. The summed E-state index contributed by atoms with van der Waals surface area (Å²) in [6.07, 6.45) is 1.09. The number of hydrogen-bond donors (Lipinski definition) is 3. The number of carbonyl (C=O) groups excluding carboxylic acids is 1. The van der Waals surface area contributed by atoms with Crippen LogP contribution in [0, 0.1) is 27.9 Å². The van der Waals surface area contributed by atoms with Crippen molar-refractivity contribution in [2.45, 2.75) is 25.4 Å². The first-order valence-corrected chi connectivity index (χ1v) is 9.14. The standard InChI is InChI=1S/C18H16F3IN2O3/c1-9-6-10(22)2-3-13(9)23-16-11(7-12(19)14(20)15(16)21)17(26)24-27-18(8-25)4-5-18/h2-3,6-7,23,25H,4-5,8H2,1H3,(H,24,26). The van der Waals surface area contributed by atoms with Gasteiger partial charge in [0.2, 0.25) is 0 Å². The zero-order valence-electron chi connectivity index (χ0n) is 14.2. The van der Waals surface area contributed by atoms with Gasteiger partial charge < -0.3 is 10.4 Å². The molecule has 0 saturated heterocycles. The number of carbonyl (C=O) groups is 1. The Bertz CT molecular complexity index is 904. The maximum atomic E-state index is 14.4. The number of amides is 1. The van der Waals surface area contributed by atoms with Gasteiger partial charge in [-0.2, -0.15) is 0 Å². The Morgan fingerprint density at radius 2 is 1.96 bits per heavy atom. The number of hydroxylamine groups is 1. The molecule has 1 aliphatic carbocycles. The first-order valence-electron chi connectivity index (χ1n) is 8.06. The van der Waals surface area contributed by atoms with Gasteiger partial charge in [0.1, 0.15) is 5.60 Å². The van der Waals surface area contributed by atoms with E-state index in [0.717, 1.165) is 9.13 Å². The number of anilines is 2. The van der Waals surface area contributed by atoms with Crippen molar-refractivity contribution in [2.75, 3.05) is 11.9 Å². The van der Waals surface area contributed by atoms with Gasteiger partial charge in [-0.15, -0.1) is 0 Å². The fourth-order valence-corrected chi connectivity index (χ4v) is 3.09. The molecule has 9 heteroatoms. The highest BCUT2D eigenvalue weighted by molar-refractivity contribution is 14.1. The fraction of sp³-hybridized carbons (Fsp3) is 0.278. The molecule has 0 unspecified atom stereocenters. The van der Waals surface area contributed by atoms with Gasteiger partial charge in [0, 0.05) is 9.26 Å². The highest BCUT2D eigenvalue weighted by Crippen LogP contribution is 2.38. The minimum Gasteiger partial charge on any atom is -0.393 e. The smallest absolute Gasteiger partial charge is 0.277 e. The number of rotatable bonds is 6. The van der Waals surface area contributed by atoms with Crippen LogP contribution in [0.3, 0.4) is 0 Å². The lowest BCUT2D eigenvalue weighted by Gasteiger charge is -2.17. The van der Waals surface area contributed by atoms with Gasteiger partial charge in [-0.3, -0.25) is 9.63 Å². The third-order valence-electron chi connectivity index (χ3n) is 4.31. The van der Waals surface area contributed by atoms with E-state index in [4.69, 9.17) is 4.84 Å². The van der Waals surface area contributed by atoms with Crippen LogP contribution in [-0.4, -0.2) is 23.2 Å². The van der Waals surface area contributed by atoms with Crippen molar-refractivity contribution >= 4 is 39.9 Å². The lowest BCUT2D eigenvalue weighted by molar-refractivity contribution is -0.0566. The summed E-state index contributed by atoms with van der Waals surface area (Å²) >= 11 is 2.10. The Kier molecular flexibility index (Phi) is 5.63. The summed E-state index contributed by atoms with van der Waals surface area (Å²) in [6, 6.07) is 5.79. The Balaban J connectivity index is 1.93. The second-order valence-electron chi connectivity index (χ2n) is 6.37. The highest BCUT2D eigenvalue weighted by atomic mass is 127. The lowest BCUT2D eigenvalue weighted by Crippen LogP contribution is -2.33. The quantitative estimate of drug-likeness (QED) is 0.325. The minimum atomic E-state index is -1.69. The highest BCUT2D eigenvalue weighted by Gasteiger charge is 2.45. The zero-order chi connectivity index (χ0) is 19.8. The molecule has 0 aliphatic heterocycles. The Labute approximate surface area is 167 Å². The molecule has 0 heterocycles. The van der Waals surface area contributed by atoms with Crippen LogP contribution in [0.5, 0.6) is 0 Å². The molecular formula is C18H16F3IN2O3. The molecule has 0 bridgehead atoms. The molecular weight excluding hydrogens is 476 g/mol. The second-order valence-corrected chi connectivity index (χ2v) is 7.61. The van der Waals surface area contributed by atoms with Crippen molar-refractivity contribution in [1.29, 1.82) is 0 Å². The number of hydrogen-bond acceptors (Lipinski definition) is 4. The summed E-state index contributed by atoms with van der Waals surface area (Å²) in [5.74, 6) is -5.66. The average Bonchev–Trinajstić information content (AvgIpc) is 3.42. The van der Waals surface area contributed by atoms with Crippen LogP contribution >= 0.6 is 22.6 Å². The van der Waals surface area contributed by atoms with E-state index >= 15 is 0 Å². The predicted octanol–water partition coefficient (Wildman–Crippen LogP) is 3.95. The van der Waals surface area contributed by atoms with E-state index in [9.17, 15) is 23.1 Å². The molecule has 1 saturated carbocycles. The number of aryl methyl sites for hydroxylation is 1. The van der Waals surface area contributed by atoms with E-state index < -0.39 is 40.2 Å². The van der Waals surface area contributed by atoms with Gasteiger partial charge in [-0.1, -0.05) is 0 Å². The molecule has 0 atom stereocenters. The number of halogens is 4. The van der Waals surface area contributed by atoms with Crippen LogP contribution in [0.15, 0.2) is 24.3 Å². The van der Waals surface area contributed by atoms with Crippen LogP contribution in [0.4, 0.5) is 24.5 Å². The second kappa shape index (κ2) is 7.64. The monoisotopic (exact) mass is 492 g/mol. The SMILES string of the molecule is Cc1cc(I)ccc1Nc1c(C(=O)NOC2(CO)CC2)cc(F)c(F)c1F. The third-order valence-corrected chi connectivity index (χ3v) is 4.98. The summed E-state index contributed by atoms with van der Waals surface area (Å²) in [4.78, 5) is 17.5. The molecule has 5 nitrogen and oxygen atoms in total. The molecule has 2 aromatic carbocycles. The summed E-state index contributed by atoms with van der Waals surface area (Å²) < 4.78 is 42.8. The number of benzene rings is 2. The zero-order valence-corrected chi connectivity index (χ0v) is 16.4. The van der Waals surface area contributed by atoms with E-state index in [0.29, 0.717) is 24.6 Å². The van der Waals surface area contributed by atoms with Crippen LogP contribution in [0.1, 0.15) is 28.8 Å². The van der Waals surface area contributed by atoms with Gasteiger partial charge in [0.05, 0.1) is 17.9 Å². The molecule has 2 aromatic rings. The van der Waals surface area contributed by atoms with Crippen LogP contribution < -0.4 is 10.8 Å². The Morgan fingerprint density at radius 3 is 2.56 bits per heavy atom. The van der Waals surface area contributed by atoms with E-state index in [1.807, 2.05) is 6.07 Å². The summed E-state index contributed by atoms with van der Waals surface area (Å²) in [6.45, 7) is 1.45. The van der Waals surface area contributed by atoms with E-state index in [2.05, 4.69) is 33.4 Å². The van der Waals surface area contributed by atoms with Crippen LogP contribution in [0.2, 0.25) is 0 Å².